The Morgan fingerprint density at radius 3 is 2.60 bits per heavy atom. The molecule has 0 radical (unpaired) electrons. The average molecular weight is 410 g/mol. The SMILES string of the molecule is CCOc1ccccc1C(=O)NCC(=O)O[C@@H](C)C(=O)N1c2ccccc2C[C@H]1C. The number of nitrogens with zero attached hydrogens (tertiary/aromatic N) is 1. The molecule has 1 aliphatic rings. The van der Waals surface area contributed by atoms with Gasteiger partial charge in [-0.05, 0) is 51.0 Å². The van der Waals surface area contributed by atoms with Gasteiger partial charge in [-0.2, -0.15) is 0 Å². The van der Waals surface area contributed by atoms with E-state index in [1.54, 1.807) is 36.1 Å². The average Bonchev–Trinajstić information content (AvgIpc) is 3.07. The molecule has 0 saturated heterocycles. The lowest BCUT2D eigenvalue weighted by Crippen LogP contribution is -2.44. The van der Waals surface area contributed by atoms with Crippen molar-refractivity contribution < 1.29 is 23.9 Å². The molecule has 2 aromatic carbocycles. The zero-order chi connectivity index (χ0) is 21.7. The Balaban J connectivity index is 1.56. The van der Waals surface area contributed by atoms with E-state index < -0.39 is 18.0 Å². The molecule has 7 heteroatoms. The van der Waals surface area contributed by atoms with Gasteiger partial charge in [-0.25, -0.2) is 0 Å². The van der Waals surface area contributed by atoms with Crippen LogP contribution in [0.1, 0.15) is 36.7 Å². The first-order valence-electron chi connectivity index (χ1n) is 10.0. The highest BCUT2D eigenvalue weighted by Crippen LogP contribution is 2.32. The van der Waals surface area contributed by atoms with Crippen LogP contribution in [0.3, 0.4) is 0 Å². The van der Waals surface area contributed by atoms with E-state index >= 15 is 0 Å². The van der Waals surface area contributed by atoms with Gasteiger partial charge in [-0.3, -0.25) is 14.4 Å². The number of hydrogen-bond donors (Lipinski definition) is 1. The zero-order valence-electron chi connectivity index (χ0n) is 17.4. The van der Waals surface area contributed by atoms with Gasteiger partial charge in [0, 0.05) is 11.7 Å². The quantitative estimate of drug-likeness (QED) is 0.710. The second-order valence-corrected chi connectivity index (χ2v) is 7.13. The van der Waals surface area contributed by atoms with E-state index in [9.17, 15) is 14.4 Å². The van der Waals surface area contributed by atoms with Crippen molar-refractivity contribution in [1.29, 1.82) is 0 Å². The van der Waals surface area contributed by atoms with Gasteiger partial charge in [0.05, 0.1) is 12.2 Å². The summed E-state index contributed by atoms with van der Waals surface area (Å²) in [4.78, 5) is 39.1. The minimum atomic E-state index is -0.960. The Morgan fingerprint density at radius 2 is 1.83 bits per heavy atom. The van der Waals surface area contributed by atoms with Crippen LogP contribution < -0.4 is 15.0 Å². The predicted octanol–water partition coefficient (Wildman–Crippen LogP) is 2.72. The summed E-state index contributed by atoms with van der Waals surface area (Å²) in [6.45, 7) is 5.40. The summed E-state index contributed by atoms with van der Waals surface area (Å²) >= 11 is 0. The molecule has 0 bridgehead atoms. The summed E-state index contributed by atoms with van der Waals surface area (Å²) in [5.41, 5.74) is 2.27. The molecular formula is C23H26N2O5. The Labute approximate surface area is 176 Å². The molecule has 3 rings (SSSR count). The first-order chi connectivity index (χ1) is 14.4. The monoisotopic (exact) mass is 410 g/mol. The molecule has 30 heavy (non-hydrogen) atoms. The molecule has 0 aliphatic carbocycles. The fraction of sp³-hybridized carbons (Fsp3) is 0.348. The minimum absolute atomic E-state index is 0.00850. The Morgan fingerprint density at radius 1 is 1.13 bits per heavy atom. The van der Waals surface area contributed by atoms with Crippen molar-refractivity contribution in [2.24, 2.45) is 0 Å². The molecule has 0 spiro atoms. The van der Waals surface area contributed by atoms with E-state index in [1.165, 1.54) is 0 Å². The molecule has 1 heterocycles. The third-order valence-electron chi connectivity index (χ3n) is 4.93. The molecule has 1 aliphatic heterocycles. The number of benzene rings is 2. The van der Waals surface area contributed by atoms with Crippen LogP contribution in [0.2, 0.25) is 0 Å². The molecule has 2 amide bonds. The van der Waals surface area contributed by atoms with Crippen molar-refractivity contribution in [3.05, 3.63) is 59.7 Å². The molecule has 7 nitrogen and oxygen atoms in total. The van der Waals surface area contributed by atoms with Crippen LogP contribution in [-0.2, 0) is 20.7 Å². The van der Waals surface area contributed by atoms with Crippen molar-refractivity contribution in [1.82, 2.24) is 5.32 Å². The van der Waals surface area contributed by atoms with E-state index in [1.807, 2.05) is 38.1 Å². The Hall–Kier alpha value is -3.35. The van der Waals surface area contributed by atoms with E-state index in [-0.39, 0.29) is 18.5 Å². The lowest BCUT2D eigenvalue weighted by atomic mass is 10.1. The van der Waals surface area contributed by atoms with Gasteiger partial charge >= 0.3 is 5.97 Å². The first kappa shape index (κ1) is 21.4. The Kier molecular flexibility index (Phi) is 6.72. The number of ether oxygens (including phenoxy) is 2. The summed E-state index contributed by atoms with van der Waals surface area (Å²) in [6.07, 6.45) is -0.198. The van der Waals surface area contributed by atoms with Crippen molar-refractivity contribution in [2.75, 3.05) is 18.1 Å². The van der Waals surface area contributed by atoms with Crippen molar-refractivity contribution in [3.8, 4) is 5.75 Å². The maximum absolute atomic E-state index is 12.9. The zero-order valence-corrected chi connectivity index (χ0v) is 17.4. The molecule has 0 fully saturated rings. The largest absolute Gasteiger partial charge is 0.493 e. The molecule has 0 unspecified atom stereocenters. The molecule has 0 aromatic heterocycles. The maximum Gasteiger partial charge on any atom is 0.326 e. The van der Waals surface area contributed by atoms with Crippen LogP contribution in [0.5, 0.6) is 5.75 Å². The number of amides is 2. The predicted molar refractivity (Wildman–Crippen MR) is 113 cm³/mol. The number of rotatable bonds is 7. The van der Waals surface area contributed by atoms with Crippen molar-refractivity contribution in [3.63, 3.8) is 0 Å². The highest BCUT2D eigenvalue weighted by atomic mass is 16.5. The van der Waals surface area contributed by atoms with E-state index in [4.69, 9.17) is 9.47 Å². The van der Waals surface area contributed by atoms with E-state index in [0.29, 0.717) is 17.9 Å². The number of anilines is 1. The number of para-hydroxylation sites is 2. The fourth-order valence-electron chi connectivity index (χ4n) is 3.57. The van der Waals surface area contributed by atoms with Crippen LogP contribution >= 0.6 is 0 Å². The van der Waals surface area contributed by atoms with Gasteiger partial charge in [-0.1, -0.05) is 30.3 Å². The highest BCUT2D eigenvalue weighted by molar-refractivity contribution is 6.00. The van der Waals surface area contributed by atoms with Crippen LogP contribution in [0.25, 0.3) is 0 Å². The first-order valence-corrected chi connectivity index (χ1v) is 10.0. The molecule has 2 aromatic rings. The number of esters is 1. The van der Waals surface area contributed by atoms with Gasteiger partial charge in [0.1, 0.15) is 12.3 Å². The molecule has 0 saturated carbocycles. The summed E-state index contributed by atoms with van der Waals surface area (Å²) in [7, 11) is 0. The second kappa shape index (κ2) is 9.43. The van der Waals surface area contributed by atoms with Crippen LogP contribution in [0.4, 0.5) is 5.69 Å². The van der Waals surface area contributed by atoms with Gasteiger partial charge < -0.3 is 19.7 Å². The highest BCUT2D eigenvalue weighted by Gasteiger charge is 2.34. The summed E-state index contributed by atoms with van der Waals surface area (Å²) < 4.78 is 10.7. The fourth-order valence-corrected chi connectivity index (χ4v) is 3.57. The third-order valence-corrected chi connectivity index (χ3v) is 4.93. The van der Waals surface area contributed by atoms with Crippen molar-refractivity contribution in [2.45, 2.75) is 39.3 Å². The van der Waals surface area contributed by atoms with Gasteiger partial charge in [0.15, 0.2) is 6.10 Å². The maximum atomic E-state index is 12.9. The second-order valence-electron chi connectivity index (χ2n) is 7.13. The Bertz CT molecular complexity index is 943. The van der Waals surface area contributed by atoms with Gasteiger partial charge in [-0.15, -0.1) is 0 Å². The lowest BCUT2D eigenvalue weighted by Gasteiger charge is -2.26. The number of nitrogens with one attached hydrogen (secondary N) is 1. The molecular weight excluding hydrogens is 384 g/mol. The van der Waals surface area contributed by atoms with E-state index in [2.05, 4.69) is 5.32 Å². The summed E-state index contributed by atoms with van der Waals surface area (Å²) in [5, 5.41) is 2.52. The van der Waals surface area contributed by atoms with Gasteiger partial charge in [0.2, 0.25) is 0 Å². The lowest BCUT2D eigenvalue weighted by molar-refractivity contribution is -0.152. The third kappa shape index (κ3) is 4.62. The van der Waals surface area contributed by atoms with Crippen LogP contribution in [-0.4, -0.2) is 43.1 Å². The van der Waals surface area contributed by atoms with Gasteiger partial charge in [0.25, 0.3) is 11.8 Å². The number of carbonyl (C=O) groups is 3. The van der Waals surface area contributed by atoms with Crippen molar-refractivity contribution >= 4 is 23.5 Å². The summed E-state index contributed by atoms with van der Waals surface area (Å²) in [6, 6.07) is 14.5. The topological polar surface area (TPSA) is 84.9 Å². The van der Waals surface area contributed by atoms with Crippen LogP contribution in [0.15, 0.2) is 48.5 Å². The smallest absolute Gasteiger partial charge is 0.326 e. The molecule has 1 N–H and O–H groups in total. The van der Waals surface area contributed by atoms with E-state index in [0.717, 1.165) is 17.7 Å². The molecule has 2 atom stereocenters. The number of fused-ring (bicyclic) bond motifs is 1. The molecule has 158 valence electrons. The summed E-state index contributed by atoms with van der Waals surface area (Å²) in [5.74, 6) is -0.972. The normalized spacial score (nSPS) is 15.8. The minimum Gasteiger partial charge on any atom is -0.493 e. The standard InChI is InChI=1S/C23H26N2O5/c1-4-29-20-12-8-6-10-18(20)22(27)24-14-21(26)30-16(3)23(28)25-15(2)13-17-9-5-7-11-19(17)25/h5-12,15-16H,4,13-14H2,1-3H3,(H,24,27)/t15-,16+/m1/s1. The number of hydrogen-bond acceptors (Lipinski definition) is 5. The van der Waals surface area contributed by atoms with Crippen LogP contribution in [0, 0.1) is 0 Å². The number of carbonyl (C=O) groups excluding carboxylic acids is 3.